The third-order valence-corrected chi connectivity index (χ3v) is 7.96. The van der Waals surface area contributed by atoms with Crippen molar-refractivity contribution >= 4 is 11.6 Å². The molecular weight excluding hydrogens is 596 g/mol. The molecule has 0 aliphatic rings. The lowest BCUT2D eigenvalue weighted by Gasteiger charge is -2.21. The molecule has 2 aromatic carbocycles. The van der Waals surface area contributed by atoms with Crippen molar-refractivity contribution in [2.75, 3.05) is 11.9 Å². The van der Waals surface area contributed by atoms with Crippen molar-refractivity contribution in [2.24, 2.45) is 0 Å². The summed E-state index contributed by atoms with van der Waals surface area (Å²) in [5.74, 6) is 0.813. The quantitative estimate of drug-likeness (QED) is 0.118. The van der Waals surface area contributed by atoms with Gasteiger partial charge in [0.25, 0.3) is 0 Å². The van der Waals surface area contributed by atoms with Crippen LogP contribution in [0.5, 0.6) is 5.75 Å². The number of carbonyl (C=O) groups excluding carboxylic acids is 1. The number of para-hydroxylation sites is 1. The van der Waals surface area contributed by atoms with Crippen molar-refractivity contribution in [3.63, 3.8) is 0 Å². The molecule has 0 fully saturated rings. The van der Waals surface area contributed by atoms with Crippen LogP contribution in [0.3, 0.4) is 0 Å². The Morgan fingerprint density at radius 2 is 1.35 bits per heavy atom. The van der Waals surface area contributed by atoms with Gasteiger partial charge in [-0.05, 0) is 29.5 Å². The highest BCUT2D eigenvalue weighted by molar-refractivity contribution is 5.93. The fourth-order valence-corrected chi connectivity index (χ4v) is 5.31. The van der Waals surface area contributed by atoms with Gasteiger partial charge in [-0.1, -0.05) is 135 Å². The molecule has 1 amide bonds. The molecule has 43 heavy (non-hydrogen) atoms. The molecule has 4 nitrogen and oxygen atoms in total. The van der Waals surface area contributed by atoms with E-state index in [-0.39, 0.29) is 34.7 Å². The smallest absolute Gasteiger partial charge is 0.228 e. The van der Waals surface area contributed by atoms with Gasteiger partial charge in [0.1, 0.15) is 5.75 Å². The summed E-state index contributed by atoms with van der Waals surface area (Å²) in [5, 5.41) is 3.16. The lowest BCUT2D eigenvalue weighted by Crippen LogP contribution is -3.00. The summed E-state index contributed by atoms with van der Waals surface area (Å²) in [6.07, 6.45) is 20.3. The highest BCUT2D eigenvalue weighted by Crippen LogP contribution is 2.30. The lowest BCUT2D eigenvalue weighted by atomic mass is 9.86. The molecule has 0 saturated carbocycles. The molecule has 3 rings (SSSR count). The summed E-state index contributed by atoms with van der Waals surface area (Å²) in [4.78, 5) is 13.2. The summed E-state index contributed by atoms with van der Waals surface area (Å²) in [7, 11) is 0. The molecule has 0 saturated heterocycles. The Bertz CT molecular complexity index is 1190. The van der Waals surface area contributed by atoms with Crippen LogP contribution >= 0.6 is 0 Å². The van der Waals surface area contributed by atoms with Crippen LogP contribution in [-0.2, 0) is 23.2 Å². The molecule has 0 aliphatic carbocycles. The second kappa shape index (κ2) is 20.3. The maximum Gasteiger partial charge on any atom is 0.228 e. The molecule has 236 valence electrons. The molecule has 0 atom stereocenters. The van der Waals surface area contributed by atoms with Crippen LogP contribution in [0.1, 0.15) is 121 Å². The molecule has 1 heterocycles. The minimum atomic E-state index is -0.0285. The third-order valence-electron chi connectivity index (χ3n) is 7.96. The van der Waals surface area contributed by atoms with Gasteiger partial charge in [-0.3, -0.25) is 4.79 Å². The second-order valence-corrected chi connectivity index (χ2v) is 12.7. The average Bonchev–Trinajstić information content (AvgIpc) is 2.97. The van der Waals surface area contributed by atoms with Crippen molar-refractivity contribution < 1.29 is 31.1 Å². The number of benzene rings is 2. The van der Waals surface area contributed by atoms with Crippen molar-refractivity contribution in [2.45, 2.75) is 123 Å². The normalized spacial score (nSPS) is 11.2. The predicted octanol–water partition coefficient (Wildman–Crippen LogP) is 6.59. The van der Waals surface area contributed by atoms with E-state index in [1.165, 1.54) is 76.2 Å². The summed E-state index contributed by atoms with van der Waals surface area (Å²) >= 11 is 0. The number of halogens is 1. The zero-order valence-corrected chi connectivity index (χ0v) is 28.8. The molecule has 0 spiro atoms. The first kappa shape index (κ1) is 36.5. The second-order valence-electron chi connectivity index (χ2n) is 12.7. The SMILES string of the molecule is CCCCCCCCCCCCCCOc1cc(C(C)(C)C)ccc1CC(=O)Nc1ccccc1C[n+]1ccccc1.[Br-]. The number of nitrogens with one attached hydrogen (secondary N) is 1. The van der Waals surface area contributed by atoms with Gasteiger partial charge in [-0.25, -0.2) is 4.57 Å². The monoisotopic (exact) mass is 650 g/mol. The Balaban J connectivity index is 0.00000645. The third kappa shape index (κ3) is 14.1. The van der Waals surface area contributed by atoms with Crippen LogP contribution in [0.15, 0.2) is 73.1 Å². The van der Waals surface area contributed by atoms with Gasteiger partial charge in [0.15, 0.2) is 18.9 Å². The zero-order valence-electron chi connectivity index (χ0n) is 27.2. The van der Waals surface area contributed by atoms with Gasteiger partial charge < -0.3 is 27.0 Å². The van der Waals surface area contributed by atoms with Gasteiger partial charge in [0.2, 0.25) is 5.91 Å². The number of nitrogens with zero attached hydrogens (tertiary/aromatic N) is 1. The highest BCUT2D eigenvalue weighted by atomic mass is 79.9. The Hall–Kier alpha value is -2.66. The van der Waals surface area contributed by atoms with E-state index in [2.05, 4.69) is 61.8 Å². The number of hydrogen-bond donors (Lipinski definition) is 1. The first-order valence-electron chi connectivity index (χ1n) is 16.4. The summed E-state index contributed by atoms with van der Waals surface area (Å²) in [6, 6.07) is 20.4. The van der Waals surface area contributed by atoms with E-state index in [1.807, 2.05) is 48.8 Å². The first-order valence-corrected chi connectivity index (χ1v) is 16.4. The van der Waals surface area contributed by atoms with E-state index in [0.29, 0.717) is 13.2 Å². The minimum Gasteiger partial charge on any atom is -1.00 e. The maximum atomic E-state index is 13.2. The van der Waals surface area contributed by atoms with E-state index in [9.17, 15) is 4.79 Å². The molecule has 0 aliphatic heterocycles. The van der Waals surface area contributed by atoms with Crippen LogP contribution in [0, 0.1) is 0 Å². The molecule has 5 heteroatoms. The first-order chi connectivity index (χ1) is 20.4. The molecule has 1 aromatic heterocycles. The summed E-state index contributed by atoms with van der Waals surface area (Å²) < 4.78 is 8.44. The van der Waals surface area contributed by atoms with Crippen LogP contribution in [0.25, 0.3) is 0 Å². The van der Waals surface area contributed by atoms with E-state index in [0.717, 1.165) is 29.0 Å². The topological polar surface area (TPSA) is 42.2 Å². The number of carbonyl (C=O) groups is 1. The van der Waals surface area contributed by atoms with Gasteiger partial charge in [-0.2, -0.15) is 0 Å². The minimum absolute atomic E-state index is 0. The van der Waals surface area contributed by atoms with Crippen LogP contribution in [0.4, 0.5) is 5.69 Å². The van der Waals surface area contributed by atoms with Crippen molar-refractivity contribution in [3.8, 4) is 5.75 Å². The van der Waals surface area contributed by atoms with E-state index < -0.39 is 0 Å². The Kier molecular flexibility index (Phi) is 17.3. The predicted molar refractivity (Wildman–Crippen MR) is 176 cm³/mol. The molecular formula is C38H55BrN2O2. The highest BCUT2D eigenvalue weighted by Gasteiger charge is 2.18. The Labute approximate surface area is 272 Å². The van der Waals surface area contributed by atoms with E-state index in [4.69, 9.17) is 4.74 Å². The van der Waals surface area contributed by atoms with E-state index >= 15 is 0 Å². The van der Waals surface area contributed by atoms with Gasteiger partial charge in [0, 0.05) is 23.3 Å². The number of unbranched alkanes of at least 4 members (excludes halogenated alkanes) is 11. The largest absolute Gasteiger partial charge is 1.00 e. The van der Waals surface area contributed by atoms with Gasteiger partial charge >= 0.3 is 0 Å². The molecule has 0 unspecified atom stereocenters. The number of aromatic nitrogens is 1. The van der Waals surface area contributed by atoms with Crippen LogP contribution in [0.2, 0.25) is 0 Å². The summed E-state index contributed by atoms with van der Waals surface area (Å²) in [6.45, 7) is 10.3. The lowest BCUT2D eigenvalue weighted by molar-refractivity contribution is -0.688. The Morgan fingerprint density at radius 1 is 0.744 bits per heavy atom. The van der Waals surface area contributed by atoms with E-state index in [1.54, 1.807) is 0 Å². The van der Waals surface area contributed by atoms with Crippen molar-refractivity contribution in [1.82, 2.24) is 0 Å². The number of ether oxygens (including phenoxy) is 1. The molecule has 0 radical (unpaired) electrons. The number of rotatable bonds is 19. The molecule has 3 aromatic rings. The fourth-order valence-electron chi connectivity index (χ4n) is 5.31. The molecule has 0 bridgehead atoms. The van der Waals surface area contributed by atoms with Crippen LogP contribution < -0.4 is 31.6 Å². The zero-order chi connectivity index (χ0) is 30.0. The fraction of sp³-hybridized carbons (Fsp3) is 0.526. The van der Waals surface area contributed by atoms with Crippen LogP contribution in [-0.4, -0.2) is 12.5 Å². The maximum absolute atomic E-state index is 13.2. The van der Waals surface area contributed by atoms with Gasteiger partial charge in [0.05, 0.1) is 18.7 Å². The standard InChI is InChI=1S/C38H54N2O2.BrH/c1-5-6-7-8-9-10-11-12-13-14-15-21-28-42-36-30-34(38(2,3)4)25-24-32(36)29-37(41)39-35-23-18-17-22-33(35)31-40-26-19-16-20-27-40;/h16-20,22-27,30H,5-15,21,28-29,31H2,1-4H3;1H. The summed E-state index contributed by atoms with van der Waals surface area (Å²) in [5.41, 5.74) is 4.11. The number of hydrogen-bond acceptors (Lipinski definition) is 2. The Morgan fingerprint density at radius 3 is 1.98 bits per heavy atom. The van der Waals surface area contributed by atoms with Crippen molar-refractivity contribution in [1.29, 1.82) is 0 Å². The number of anilines is 1. The average molecular weight is 652 g/mol. The van der Waals surface area contributed by atoms with Crippen molar-refractivity contribution in [3.05, 3.63) is 89.7 Å². The van der Waals surface area contributed by atoms with Gasteiger partial charge in [-0.15, -0.1) is 0 Å². The molecule has 1 N–H and O–H groups in total. The number of amides is 1. The number of pyridine rings is 1.